The summed E-state index contributed by atoms with van der Waals surface area (Å²) in [5.74, 6) is 1.51. The SMILES string of the molecule is CCC1=NN2C(=N)C(=Cc3cc(I)c(OCCOc4cc(C)cc(CC)c4)c(OC)c3)C(=O)N=C2S1. The average molecular weight is 618 g/mol. The number of aliphatic imine (C=N–C) groups is 1. The molecule has 0 spiro atoms. The number of rotatable bonds is 9. The number of carbonyl (C=O) groups excluding carboxylic acids is 1. The van der Waals surface area contributed by atoms with Crippen molar-refractivity contribution in [1.82, 2.24) is 5.01 Å². The van der Waals surface area contributed by atoms with Gasteiger partial charge in [0, 0.05) is 0 Å². The van der Waals surface area contributed by atoms with Crippen LogP contribution in [-0.4, -0.2) is 47.3 Å². The molecule has 2 aromatic rings. The Morgan fingerprint density at radius 2 is 1.89 bits per heavy atom. The molecule has 2 aliphatic heterocycles. The van der Waals surface area contributed by atoms with Crippen LogP contribution in [0.2, 0.25) is 0 Å². The van der Waals surface area contributed by atoms with E-state index in [0.29, 0.717) is 41.9 Å². The first-order valence-corrected chi connectivity index (χ1v) is 13.4. The van der Waals surface area contributed by atoms with Gasteiger partial charge in [-0.15, -0.1) is 0 Å². The maximum absolute atomic E-state index is 12.6. The van der Waals surface area contributed by atoms with Crippen LogP contribution in [0, 0.1) is 15.9 Å². The molecule has 1 amide bonds. The van der Waals surface area contributed by atoms with Crippen LogP contribution in [0.15, 0.2) is 46.0 Å². The van der Waals surface area contributed by atoms with E-state index in [1.54, 1.807) is 19.3 Å². The number of benzene rings is 2. The number of thioether (sulfide) groups is 1. The Balaban J connectivity index is 1.47. The molecule has 10 heteroatoms. The quantitative estimate of drug-likeness (QED) is 0.222. The Kier molecular flexibility index (Phi) is 8.35. The number of nitrogens with zero attached hydrogens (tertiary/aromatic N) is 3. The second-order valence-corrected chi connectivity index (χ2v) is 10.3. The molecule has 0 saturated carbocycles. The maximum atomic E-state index is 12.6. The van der Waals surface area contributed by atoms with Gasteiger partial charge in [0.15, 0.2) is 17.3 Å². The number of fused-ring (bicyclic) bond motifs is 1. The van der Waals surface area contributed by atoms with Crippen LogP contribution in [0.1, 0.15) is 37.0 Å². The van der Waals surface area contributed by atoms with Gasteiger partial charge in [-0.2, -0.15) is 15.1 Å². The Bertz CT molecular complexity index is 1310. The minimum absolute atomic E-state index is 0.00906. The fourth-order valence-electron chi connectivity index (χ4n) is 3.72. The molecule has 8 nitrogen and oxygen atoms in total. The Hall–Kier alpha value is -2.86. The Morgan fingerprint density at radius 1 is 1.11 bits per heavy atom. The summed E-state index contributed by atoms with van der Waals surface area (Å²) in [6, 6.07) is 9.86. The molecule has 0 saturated heterocycles. The number of nitrogens with one attached hydrogen (secondary N) is 1. The van der Waals surface area contributed by atoms with E-state index < -0.39 is 5.91 Å². The van der Waals surface area contributed by atoms with Gasteiger partial charge in [-0.25, -0.2) is 0 Å². The van der Waals surface area contributed by atoms with Gasteiger partial charge in [0.1, 0.15) is 24.0 Å². The molecule has 2 aliphatic rings. The highest BCUT2D eigenvalue weighted by molar-refractivity contribution is 14.1. The first-order chi connectivity index (χ1) is 17.3. The third-order valence-corrected chi connectivity index (χ3v) is 7.33. The average Bonchev–Trinajstić information content (AvgIpc) is 3.28. The number of hydrazone groups is 1. The Labute approximate surface area is 228 Å². The molecule has 0 fully saturated rings. The predicted octanol–water partition coefficient (Wildman–Crippen LogP) is 5.66. The Morgan fingerprint density at radius 3 is 2.61 bits per heavy atom. The fraction of sp³-hybridized carbons (Fsp3) is 0.308. The molecule has 2 aromatic carbocycles. The van der Waals surface area contributed by atoms with E-state index in [1.807, 2.05) is 25.1 Å². The van der Waals surface area contributed by atoms with E-state index in [-0.39, 0.29) is 11.4 Å². The molecule has 0 aliphatic carbocycles. The number of halogens is 1. The van der Waals surface area contributed by atoms with Crippen LogP contribution in [0.3, 0.4) is 0 Å². The van der Waals surface area contributed by atoms with Gasteiger partial charge >= 0.3 is 0 Å². The molecular formula is C26H27IN4O4S. The lowest BCUT2D eigenvalue weighted by Gasteiger charge is -2.20. The molecule has 2 heterocycles. The van der Waals surface area contributed by atoms with Gasteiger partial charge in [-0.3, -0.25) is 10.2 Å². The van der Waals surface area contributed by atoms with E-state index >= 15 is 0 Å². The third-order valence-electron chi connectivity index (χ3n) is 5.48. The largest absolute Gasteiger partial charge is 0.493 e. The number of hydrogen-bond acceptors (Lipinski definition) is 7. The van der Waals surface area contributed by atoms with Gasteiger partial charge in [-0.1, -0.05) is 19.9 Å². The van der Waals surface area contributed by atoms with E-state index in [2.05, 4.69) is 52.6 Å². The number of methoxy groups -OCH3 is 1. The van der Waals surface area contributed by atoms with Crippen molar-refractivity contribution in [3.05, 3.63) is 56.2 Å². The van der Waals surface area contributed by atoms with Gasteiger partial charge in [0.2, 0.25) is 5.17 Å². The van der Waals surface area contributed by atoms with Crippen LogP contribution < -0.4 is 14.2 Å². The zero-order chi connectivity index (χ0) is 25.8. The molecule has 0 bridgehead atoms. The van der Waals surface area contributed by atoms with Crippen LogP contribution in [0.5, 0.6) is 17.2 Å². The summed E-state index contributed by atoms with van der Waals surface area (Å²) < 4.78 is 18.3. The van der Waals surface area contributed by atoms with Crippen LogP contribution in [0.4, 0.5) is 0 Å². The molecule has 0 aromatic heterocycles. The van der Waals surface area contributed by atoms with Gasteiger partial charge in [-0.05, 0) is 101 Å². The standard InChI is InChI=1S/C26H27IN4O4S/c1-5-16-9-15(3)10-18(11-16)34-7-8-35-23-20(27)13-17(14-21(23)33-4)12-19-24(28)31-26(29-25(19)32)36-22(6-2)30-31/h9-14,28H,5-8H2,1-4H3. The summed E-state index contributed by atoms with van der Waals surface area (Å²) in [6.07, 6.45) is 3.30. The number of aryl methyl sites for hydroxylation is 2. The minimum atomic E-state index is -0.458. The highest BCUT2D eigenvalue weighted by Gasteiger charge is 2.35. The van der Waals surface area contributed by atoms with Crippen LogP contribution >= 0.6 is 34.4 Å². The van der Waals surface area contributed by atoms with Crippen molar-refractivity contribution >= 4 is 62.4 Å². The molecular weight excluding hydrogens is 591 g/mol. The van der Waals surface area contributed by atoms with Crippen molar-refractivity contribution in [3.8, 4) is 17.2 Å². The van der Waals surface area contributed by atoms with Crippen LogP contribution in [0.25, 0.3) is 6.08 Å². The number of amides is 1. The molecule has 0 atom stereocenters. The van der Waals surface area contributed by atoms with Crippen molar-refractivity contribution in [2.45, 2.75) is 33.6 Å². The zero-order valence-electron chi connectivity index (χ0n) is 20.6. The van der Waals surface area contributed by atoms with Gasteiger partial charge < -0.3 is 14.2 Å². The second-order valence-electron chi connectivity index (χ2n) is 8.11. The molecule has 188 valence electrons. The summed E-state index contributed by atoms with van der Waals surface area (Å²) in [5.41, 5.74) is 3.27. The van der Waals surface area contributed by atoms with Gasteiger partial charge in [0.25, 0.3) is 5.91 Å². The third kappa shape index (κ3) is 5.75. The van der Waals surface area contributed by atoms with E-state index in [0.717, 1.165) is 20.8 Å². The lowest BCUT2D eigenvalue weighted by Crippen LogP contribution is -2.35. The number of hydrogen-bond donors (Lipinski definition) is 1. The summed E-state index contributed by atoms with van der Waals surface area (Å²) in [6.45, 7) is 6.88. The second kappa shape index (κ2) is 11.5. The van der Waals surface area contributed by atoms with E-state index in [1.165, 1.54) is 27.9 Å². The number of ether oxygens (including phenoxy) is 3. The van der Waals surface area contributed by atoms with Crippen molar-refractivity contribution in [3.63, 3.8) is 0 Å². The molecule has 0 radical (unpaired) electrons. The minimum Gasteiger partial charge on any atom is -0.493 e. The lowest BCUT2D eigenvalue weighted by molar-refractivity contribution is -0.114. The normalized spacial score (nSPS) is 16.1. The lowest BCUT2D eigenvalue weighted by atomic mass is 10.1. The van der Waals surface area contributed by atoms with Crippen molar-refractivity contribution in [2.24, 2.45) is 10.1 Å². The molecule has 1 N–H and O–H groups in total. The summed E-state index contributed by atoms with van der Waals surface area (Å²) in [4.78, 5) is 16.8. The van der Waals surface area contributed by atoms with Crippen molar-refractivity contribution < 1.29 is 19.0 Å². The van der Waals surface area contributed by atoms with Crippen molar-refractivity contribution in [1.29, 1.82) is 5.41 Å². The van der Waals surface area contributed by atoms with Crippen LogP contribution in [-0.2, 0) is 11.2 Å². The highest BCUT2D eigenvalue weighted by Crippen LogP contribution is 2.35. The monoisotopic (exact) mass is 618 g/mol. The van der Waals surface area contributed by atoms with Crippen molar-refractivity contribution in [2.75, 3.05) is 20.3 Å². The summed E-state index contributed by atoms with van der Waals surface area (Å²) >= 11 is 3.49. The topological polar surface area (TPSA) is 96.6 Å². The number of carbonyl (C=O) groups is 1. The zero-order valence-corrected chi connectivity index (χ0v) is 23.5. The molecule has 36 heavy (non-hydrogen) atoms. The first-order valence-electron chi connectivity index (χ1n) is 11.6. The van der Waals surface area contributed by atoms with E-state index in [9.17, 15) is 4.79 Å². The molecule has 4 rings (SSSR count). The number of amidine groups is 2. The highest BCUT2D eigenvalue weighted by atomic mass is 127. The summed E-state index contributed by atoms with van der Waals surface area (Å²) in [5, 5.41) is 15.5. The predicted molar refractivity (Wildman–Crippen MR) is 153 cm³/mol. The fourth-order valence-corrected chi connectivity index (χ4v) is 5.33. The van der Waals surface area contributed by atoms with E-state index in [4.69, 9.17) is 19.6 Å². The van der Waals surface area contributed by atoms with Gasteiger partial charge in [0.05, 0.1) is 16.3 Å². The summed E-state index contributed by atoms with van der Waals surface area (Å²) in [7, 11) is 1.57. The smallest absolute Gasteiger partial charge is 0.283 e. The first kappa shape index (κ1) is 26.2. The molecule has 0 unspecified atom stereocenters. The maximum Gasteiger partial charge on any atom is 0.283 e.